The number of piperidine rings is 1. The van der Waals surface area contributed by atoms with E-state index in [1.165, 1.54) is 0 Å². The van der Waals surface area contributed by atoms with E-state index in [0.717, 1.165) is 53.8 Å². The summed E-state index contributed by atoms with van der Waals surface area (Å²) in [4.78, 5) is 21.1. The van der Waals surface area contributed by atoms with Crippen LogP contribution < -0.4 is 5.32 Å². The SMILES string of the molecule is CC(=O)N1CCC(Nc2c(-c3cn[nH]c3)cnc3[nH]ccc23)CC1. The van der Waals surface area contributed by atoms with Gasteiger partial charge in [0.25, 0.3) is 0 Å². The van der Waals surface area contributed by atoms with E-state index in [0.29, 0.717) is 6.04 Å². The Hall–Kier alpha value is -2.83. The van der Waals surface area contributed by atoms with Crippen molar-refractivity contribution in [2.45, 2.75) is 25.8 Å². The van der Waals surface area contributed by atoms with Gasteiger partial charge in [0.2, 0.25) is 5.91 Å². The van der Waals surface area contributed by atoms with Gasteiger partial charge in [0, 0.05) is 61.2 Å². The fourth-order valence-electron chi connectivity index (χ4n) is 3.32. The molecule has 24 heavy (non-hydrogen) atoms. The molecule has 0 aromatic carbocycles. The number of nitrogens with zero attached hydrogens (tertiary/aromatic N) is 3. The minimum Gasteiger partial charge on any atom is -0.381 e. The Bertz CT molecular complexity index is 845. The summed E-state index contributed by atoms with van der Waals surface area (Å²) in [6.07, 6.45) is 9.34. The number of fused-ring (bicyclic) bond motifs is 1. The largest absolute Gasteiger partial charge is 0.381 e. The van der Waals surface area contributed by atoms with Crippen molar-refractivity contribution >= 4 is 22.6 Å². The van der Waals surface area contributed by atoms with Crippen LogP contribution in [0.4, 0.5) is 5.69 Å². The zero-order chi connectivity index (χ0) is 16.5. The Morgan fingerprint density at radius 2 is 2.17 bits per heavy atom. The van der Waals surface area contributed by atoms with Crippen molar-refractivity contribution in [2.75, 3.05) is 18.4 Å². The minimum absolute atomic E-state index is 0.157. The first-order chi connectivity index (χ1) is 11.7. The fourth-order valence-corrected chi connectivity index (χ4v) is 3.32. The number of pyridine rings is 1. The van der Waals surface area contributed by atoms with E-state index in [1.54, 1.807) is 13.1 Å². The van der Waals surface area contributed by atoms with Gasteiger partial charge >= 0.3 is 0 Å². The van der Waals surface area contributed by atoms with Crippen LogP contribution in [0.2, 0.25) is 0 Å². The lowest BCUT2D eigenvalue weighted by Gasteiger charge is -2.32. The third kappa shape index (κ3) is 2.62. The van der Waals surface area contributed by atoms with Crippen LogP contribution in [-0.4, -0.2) is 50.1 Å². The Balaban J connectivity index is 1.64. The van der Waals surface area contributed by atoms with E-state index in [4.69, 9.17) is 0 Å². The van der Waals surface area contributed by atoms with Crippen LogP contribution in [-0.2, 0) is 4.79 Å². The third-order valence-corrected chi connectivity index (χ3v) is 4.68. The van der Waals surface area contributed by atoms with Gasteiger partial charge in [0.15, 0.2) is 0 Å². The summed E-state index contributed by atoms with van der Waals surface area (Å²) < 4.78 is 0. The average Bonchev–Trinajstić information content (AvgIpc) is 3.27. The molecule has 1 fully saturated rings. The van der Waals surface area contributed by atoms with E-state index in [2.05, 4.69) is 25.5 Å². The molecule has 0 unspecified atom stereocenters. The van der Waals surface area contributed by atoms with Crippen molar-refractivity contribution in [3.8, 4) is 11.1 Å². The second-order valence-electron chi connectivity index (χ2n) is 6.20. The molecule has 0 bridgehead atoms. The van der Waals surface area contributed by atoms with Gasteiger partial charge in [-0.15, -0.1) is 0 Å². The Kier molecular flexibility index (Phi) is 3.68. The highest BCUT2D eigenvalue weighted by Crippen LogP contribution is 2.34. The molecule has 3 aromatic heterocycles. The number of aromatic nitrogens is 4. The molecule has 3 aromatic rings. The van der Waals surface area contributed by atoms with Crippen molar-refractivity contribution in [3.05, 3.63) is 30.9 Å². The molecular formula is C17H20N6O. The number of anilines is 1. The first-order valence-corrected chi connectivity index (χ1v) is 8.19. The molecule has 0 saturated carbocycles. The molecule has 0 aliphatic carbocycles. The second-order valence-corrected chi connectivity index (χ2v) is 6.20. The molecule has 1 aliphatic heterocycles. The summed E-state index contributed by atoms with van der Waals surface area (Å²) in [5.41, 5.74) is 3.98. The summed E-state index contributed by atoms with van der Waals surface area (Å²) in [7, 11) is 0. The van der Waals surface area contributed by atoms with Gasteiger partial charge in [-0.2, -0.15) is 5.10 Å². The van der Waals surface area contributed by atoms with Crippen LogP contribution in [0, 0.1) is 0 Å². The van der Waals surface area contributed by atoms with Crippen LogP contribution >= 0.6 is 0 Å². The topological polar surface area (TPSA) is 89.7 Å². The molecule has 7 nitrogen and oxygen atoms in total. The number of carbonyl (C=O) groups excluding carboxylic acids is 1. The first kappa shape index (κ1) is 14.7. The maximum atomic E-state index is 11.5. The van der Waals surface area contributed by atoms with Crippen molar-refractivity contribution in [2.24, 2.45) is 0 Å². The zero-order valence-corrected chi connectivity index (χ0v) is 13.5. The number of rotatable bonds is 3. The second kappa shape index (κ2) is 5.99. The van der Waals surface area contributed by atoms with Gasteiger partial charge in [0.1, 0.15) is 5.65 Å². The maximum absolute atomic E-state index is 11.5. The van der Waals surface area contributed by atoms with Crippen LogP contribution in [0.15, 0.2) is 30.9 Å². The normalized spacial score (nSPS) is 15.8. The van der Waals surface area contributed by atoms with Crippen molar-refractivity contribution in [3.63, 3.8) is 0 Å². The predicted octanol–water partition coefficient (Wildman–Crippen LogP) is 2.38. The predicted molar refractivity (Wildman–Crippen MR) is 92.6 cm³/mol. The molecular weight excluding hydrogens is 304 g/mol. The number of hydrogen-bond donors (Lipinski definition) is 3. The van der Waals surface area contributed by atoms with E-state index in [9.17, 15) is 4.79 Å². The molecule has 4 rings (SSSR count). The Labute approximate surface area is 139 Å². The molecule has 7 heteroatoms. The number of likely N-dealkylation sites (tertiary alicyclic amines) is 1. The van der Waals surface area contributed by atoms with Crippen LogP contribution in [0.25, 0.3) is 22.2 Å². The number of amides is 1. The van der Waals surface area contributed by atoms with Gasteiger partial charge in [-0.3, -0.25) is 9.89 Å². The molecule has 1 amide bonds. The third-order valence-electron chi connectivity index (χ3n) is 4.68. The summed E-state index contributed by atoms with van der Waals surface area (Å²) in [5.74, 6) is 0.157. The molecule has 3 N–H and O–H groups in total. The van der Waals surface area contributed by atoms with Crippen molar-refractivity contribution < 1.29 is 4.79 Å². The highest BCUT2D eigenvalue weighted by atomic mass is 16.2. The van der Waals surface area contributed by atoms with E-state index >= 15 is 0 Å². The maximum Gasteiger partial charge on any atom is 0.219 e. The average molecular weight is 324 g/mol. The summed E-state index contributed by atoms with van der Waals surface area (Å²) >= 11 is 0. The van der Waals surface area contributed by atoms with Crippen molar-refractivity contribution in [1.82, 2.24) is 25.1 Å². The molecule has 1 aliphatic rings. The number of hydrogen-bond acceptors (Lipinski definition) is 4. The van der Waals surface area contributed by atoms with Crippen LogP contribution in [0.1, 0.15) is 19.8 Å². The summed E-state index contributed by atoms with van der Waals surface area (Å²) in [6.45, 7) is 3.24. The molecule has 1 saturated heterocycles. The monoisotopic (exact) mass is 324 g/mol. The lowest BCUT2D eigenvalue weighted by Crippen LogP contribution is -2.41. The molecule has 0 atom stereocenters. The number of H-pyrrole nitrogens is 2. The van der Waals surface area contributed by atoms with Gasteiger partial charge in [-0.05, 0) is 18.9 Å². The highest BCUT2D eigenvalue weighted by Gasteiger charge is 2.22. The summed E-state index contributed by atoms with van der Waals surface area (Å²) in [5, 5.41) is 11.7. The minimum atomic E-state index is 0.157. The highest BCUT2D eigenvalue weighted by molar-refractivity contribution is 5.98. The van der Waals surface area contributed by atoms with Crippen LogP contribution in [0.5, 0.6) is 0 Å². The Morgan fingerprint density at radius 3 is 2.88 bits per heavy atom. The number of carbonyl (C=O) groups is 1. The number of aromatic amines is 2. The quantitative estimate of drug-likeness (QED) is 0.690. The van der Waals surface area contributed by atoms with Crippen molar-refractivity contribution in [1.29, 1.82) is 0 Å². The molecule has 0 radical (unpaired) electrons. The van der Waals surface area contributed by atoms with Gasteiger partial charge in [-0.25, -0.2) is 4.98 Å². The lowest BCUT2D eigenvalue weighted by atomic mass is 10.0. The Morgan fingerprint density at radius 1 is 1.33 bits per heavy atom. The van der Waals surface area contributed by atoms with E-state index < -0.39 is 0 Å². The lowest BCUT2D eigenvalue weighted by molar-refractivity contribution is -0.129. The van der Waals surface area contributed by atoms with Gasteiger partial charge < -0.3 is 15.2 Å². The van der Waals surface area contributed by atoms with Crippen LogP contribution in [0.3, 0.4) is 0 Å². The molecule has 124 valence electrons. The number of nitrogens with one attached hydrogen (secondary N) is 3. The molecule has 4 heterocycles. The smallest absolute Gasteiger partial charge is 0.219 e. The zero-order valence-electron chi connectivity index (χ0n) is 13.5. The fraction of sp³-hybridized carbons (Fsp3) is 0.353. The van der Waals surface area contributed by atoms with E-state index in [-0.39, 0.29) is 5.91 Å². The van der Waals surface area contributed by atoms with Gasteiger partial charge in [0.05, 0.1) is 11.9 Å². The first-order valence-electron chi connectivity index (χ1n) is 8.19. The standard InChI is InChI=1S/C17H20N6O/c1-11(24)23-6-3-13(4-7-23)22-16-14-2-5-18-17(14)19-10-15(16)12-8-20-21-9-12/h2,5,8-10,13H,3-4,6-7H2,1H3,(H,20,21)(H2,18,19,22). The summed E-state index contributed by atoms with van der Waals surface area (Å²) in [6, 6.07) is 2.38. The van der Waals surface area contributed by atoms with Gasteiger partial charge in [-0.1, -0.05) is 0 Å². The van der Waals surface area contributed by atoms with E-state index in [1.807, 2.05) is 29.6 Å². The molecule has 0 spiro atoms.